The van der Waals surface area contributed by atoms with Gasteiger partial charge in [-0.15, -0.1) is 0 Å². The van der Waals surface area contributed by atoms with Crippen LogP contribution in [0.5, 0.6) is 23.0 Å². The van der Waals surface area contributed by atoms with Gasteiger partial charge in [0.25, 0.3) is 0 Å². The molecule has 0 aliphatic heterocycles. The highest BCUT2D eigenvalue weighted by Crippen LogP contribution is 2.29. The third-order valence-electron chi connectivity index (χ3n) is 2.93. The lowest BCUT2D eigenvalue weighted by Gasteiger charge is -2.08. The summed E-state index contributed by atoms with van der Waals surface area (Å²) in [7, 11) is 4.83. The number of para-hydroxylation sites is 2. The van der Waals surface area contributed by atoms with Gasteiger partial charge in [-0.1, -0.05) is 18.2 Å². The van der Waals surface area contributed by atoms with E-state index in [9.17, 15) is 0 Å². The normalized spacial score (nSPS) is 10.4. The van der Waals surface area contributed by atoms with Crippen molar-refractivity contribution in [1.29, 1.82) is 0 Å². The average Bonchev–Trinajstić information content (AvgIpc) is 2.55. The summed E-state index contributed by atoms with van der Waals surface area (Å²) in [6, 6.07) is 13.1. The van der Waals surface area contributed by atoms with E-state index >= 15 is 0 Å². The lowest BCUT2D eigenvalue weighted by Crippen LogP contribution is -1.91. The van der Waals surface area contributed by atoms with Gasteiger partial charge in [-0.2, -0.15) is 0 Å². The molecule has 21 heavy (non-hydrogen) atoms. The highest BCUT2D eigenvalue weighted by Gasteiger charge is 2.03. The van der Waals surface area contributed by atoms with Crippen LogP contribution in [0.1, 0.15) is 5.56 Å². The Bertz CT molecular complexity index is 620. The topological polar surface area (TPSA) is 36.9 Å². The maximum Gasteiger partial charge on any atom is 0.168 e. The molecule has 110 valence electrons. The second-order valence-corrected chi connectivity index (χ2v) is 4.19. The fraction of sp³-hybridized carbons (Fsp3) is 0.176. The van der Waals surface area contributed by atoms with Crippen molar-refractivity contribution in [2.24, 2.45) is 0 Å². The van der Waals surface area contributed by atoms with Gasteiger partial charge in [-0.05, 0) is 35.9 Å². The van der Waals surface area contributed by atoms with Crippen LogP contribution in [0.4, 0.5) is 0 Å². The minimum Gasteiger partial charge on any atom is -0.493 e. The quantitative estimate of drug-likeness (QED) is 0.758. The Morgan fingerprint density at radius 2 is 1.33 bits per heavy atom. The molecule has 0 N–H and O–H groups in total. The molecule has 0 heterocycles. The molecule has 0 aliphatic rings. The number of hydrogen-bond acceptors (Lipinski definition) is 4. The lowest BCUT2D eigenvalue weighted by molar-refractivity contribution is 0.355. The maximum atomic E-state index is 5.58. The summed E-state index contributed by atoms with van der Waals surface area (Å²) in [5.74, 6) is 2.73. The Labute approximate surface area is 124 Å². The molecule has 0 bridgehead atoms. The lowest BCUT2D eigenvalue weighted by atomic mass is 10.2. The van der Waals surface area contributed by atoms with E-state index in [-0.39, 0.29) is 0 Å². The Morgan fingerprint density at radius 1 is 0.714 bits per heavy atom. The fourth-order valence-electron chi connectivity index (χ4n) is 1.86. The second kappa shape index (κ2) is 7.24. The maximum absolute atomic E-state index is 5.58. The highest BCUT2D eigenvalue weighted by atomic mass is 16.5. The van der Waals surface area contributed by atoms with Gasteiger partial charge in [0.2, 0.25) is 0 Å². The molecule has 0 aromatic heterocycles. The molecule has 0 radical (unpaired) electrons. The van der Waals surface area contributed by atoms with Gasteiger partial charge in [0.1, 0.15) is 0 Å². The molecule has 0 aliphatic carbocycles. The van der Waals surface area contributed by atoms with Gasteiger partial charge in [0.05, 0.1) is 27.6 Å². The van der Waals surface area contributed by atoms with E-state index in [2.05, 4.69) is 0 Å². The largest absolute Gasteiger partial charge is 0.493 e. The zero-order valence-electron chi connectivity index (χ0n) is 12.3. The standard InChI is InChI=1S/C17H18O4/c1-18-14-6-4-5-7-16(14)21-11-10-13-8-9-15(19-2)17(12-13)20-3/h4-12H,1-3H3. The summed E-state index contributed by atoms with van der Waals surface area (Å²) in [4.78, 5) is 0. The summed E-state index contributed by atoms with van der Waals surface area (Å²) in [6.45, 7) is 0. The monoisotopic (exact) mass is 286 g/mol. The number of methoxy groups -OCH3 is 3. The first-order valence-corrected chi connectivity index (χ1v) is 6.46. The summed E-state index contributed by atoms with van der Waals surface area (Å²) < 4.78 is 21.3. The van der Waals surface area contributed by atoms with Crippen LogP contribution in [-0.4, -0.2) is 21.3 Å². The fourth-order valence-corrected chi connectivity index (χ4v) is 1.86. The molecule has 4 heteroatoms. The molecule has 0 spiro atoms. The van der Waals surface area contributed by atoms with Crippen molar-refractivity contribution in [1.82, 2.24) is 0 Å². The minimum absolute atomic E-state index is 0.664. The van der Waals surface area contributed by atoms with Crippen molar-refractivity contribution >= 4 is 6.08 Å². The van der Waals surface area contributed by atoms with Gasteiger partial charge in [-0.3, -0.25) is 0 Å². The van der Waals surface area contributed by atoms with E-state index in [4.69, 9.17) is 18.9 Å². The molecular formula is C17H18O4. The van der Waals surface area contributed by atoms with E-state index < -0.39 is 0 Å². The van der Waals surface area contributed by atoms with E-state index in [0.717, 1.165) is 5.56 Å². The molecule has 0 saturated heterocycles. The van der Waals surface area contributed by atoms with Crippen LogP contribution in [-0.2, 0) is 0 Å². The first-order chi connectivity index (χ1) is 10.3. The zero-order chi connectivity index (χ0) is 15.1. The van der Waals surface area contributed by atoms with E-state index in [1.54, 1.807) is 27.6 Å². The van der Waals surface area contributed by atoms with Gasteiger partial charge in [0, 0.05) is 0 Å². The van der Waals surface area contributed by atoms with E-state index in [1.807, 2.05) is 48.5 Å². The van der Waals surface area contributed by atoms with Crippen molar-refractivity contribution in [2.45, 2.75) is 0 Å². The van der Waals surface area contributed by atoms with Crippen LogP contribution in [0.2, 0.25) is 0 Å². The first-order valence-electron chi connectivity index (χ1n) is 6.46. The summed E-state index contributed by atoms with van der Waals surface area (Å²) in [6.07, 6.45) is 3.45. The molecule has 2 rings (SSSR count). The molecule has 2 aromatic carbocycles. The average molecular weight is 286 g/mol. The number of hydrogen-bond donors (Lipinski definition) is 0. The first kappa shape index (κ1) is 14.8. The predicted molar refractivity (Wildman–Crippen MR) is 82.2 cm³/mol. The Balaban J connectivity index is 2.11. The van der Waals surface area contributed by atoms with Crippen molar-refractivity contribution in [2.75, 3.05) is 21.3 Å². The molecule has 2 aromatic rings. The van der Waals surface area contributed by atoms with E-state index in [1.165, 1.54) is 0 Å². The molecule has 0 amide bonds. The van der Waals surface area contributed by atoms with Crippen LogP contribution in [0.25, 0.3) is 6.08 Å². The summed E-state index contributed by atoms with van der Waals surface area (Å²) >= 11 is 0. The van der Waals surface area contributed by atoms with Gasteiger partial charge >= 0.3 is 0 Å². The second-order valence-electron chi connectivity index (χ2n) is 4.19. The van der Waals surface area contributed by atoms with Gasteiger partial charge in [0.15, 0.2) is 23.0 Å². The summed E-state index contributed by atoms with van der Waals surface area (Å²) in [5.41, 5.74) is 0.947. The molecule has 4 nitrogen and oxygen atoms in total. The Morgan fingerprint density at radius 3 is 2.00 bits per heavy atom. The van der Waals surface area contributed by atoms with Crippen molar-refractivity contribution in [3.05, 3.63) is 54.3 Å². The smallest absolute Gasteiger partial charge is 0.168 e. The van der Waals surface area contributed by atoms with Crippen LogP contribution in [0.15, 0.2) is 48.7 Å². The highest BCUT2D eigenvalue weighted by molar-refractivity contribution is 5.55. The molecule has 0 atom stereocenters. The minimum atomic E-state index is 0.664. The van der Waals surface area contributed by atoms with Crippen molar-refractivity contribution in [3.63, 3.8) is 0 Å². The van der Waals surface area contributed by atoms with Crippen LogP contribution in [0.3, 0.4) is 0 Å². The molecule has 0 fully saturated rings. The third kappa shape index (κ3) is 3.69. The van der Waals surface area contributed by atoms with Crippen LogP contribution >= 0.6 is 0 Å². The van der Waals surface area contributed by atoms with Gasteiger partial charge < -0.3 is 18.9 Å². The van der Waals surface area contributed by atoms with Crippen molar-refractivity contribution in [3.8, 4) is 23.0 Å². The number of benzene rings is 2. The van der Waals surface area contributed by atoms with E-state index in [0.29, 0.717) is 23.0 Å². The van der Waals surface area contributed by atoms with Crippen LogP contribution < -0.4 is 18.9 Å². The predicted octanol–water partition coefficient (Wildman–Crippen LogP) is 3.76. The Kier molecular flexibility index (Phi) is 5.10. The number of ether oxygens (including phenoxy) is 4. The Hall–Kier alpha value is -2.62. The SMILES string of the molecule is COc1ccc(C=COc2ccccc2OC)cc1OC. The van der Waals surface area contributed by atoms with Crippen LogP contribution in [0, 0.1) is 0 Å². The van der Waals surface area contributed by atoms with Crippen molar-refractivity contribution < 1.29 is 18.9 Å². The number of rotatable bonds is 6. The molecule has 0 unspecified atom stereocenters. The molecular weight excluding hydrogens is 268 g/mol. The molecule has 0 saturated carbocycles. The third-order valence-corrected chi connectivity index (χ3v) is 2.93. The van der Waals surface area contributed by atoms with Gasteiger partial charge in [-0.25, -0.2) is 0 Å². The zero-order valence-corrected chi connectivity index (χ0v) is 12.3. The summed E-state index contributed by atoms with van der Waals surface area (Å²) in [5, 5.41) is 0.